The molecular weight excluding hydrogens is 386 g/mol. The van der Waals surface area contributed by atoms with Crippen molar-refractivity contribution < 1.29 is 9.47 Å². The Kier molecular flexibility index (Phi) is 7.11. The minimum absolute atomic E-state index is 0.479. The van der Waals surface area contributed by atoms with Crippen LogP contribution in [0.4, 0.5) is 0 Å². The first-order valence-electron chi connectivity index (χ1n) is 10.5. The second kappa shape index (κ2) is 9.96. The van der Waals surface area contributed by atoms with Crippen LogP contribution in [0.25, 0.3) is 10.9 Å². The number of hydrogen-bond acceptors (Lipinski definition) is 5. The number of aromatic nitrogens is 1. The molecule has 0 spiro atoms. The van der Waals surface area contributed by atoms with E-state index in [9.17, 15) is 5.26 Å². The molecule has 0 saturated heterocycles. The normalized spacial score (nSPS) is 12.5. The number of unbranched alkanes of at least 4 members (excludes halogenated alkanes) is 1. The van der Waals surface area contributed by atoms with E-state index in [2.05, 4.69) is 30.1 Å². The van der Waals surface area contributed by atoms with E-state index in [0.29, 0.717) is 31.7 Å². The van der Waals surface area contributed by atoms with Gasteiger partial charge in [-0.1, -0.05) is 31.2 Å². The van der Waals surface area contributed by atoms with Gasteiger partial charge in [-0.25, -0.2) is 4.98 Å². The topological polar surface area (TPSA) is 78.9 Å². The van der Waals surface area contributed by atoms with E-state index >= 15 is 0 Å². The molecule has 5 heteroatoms. The molecule has 5 nitrogen and oxygen atoms in total. The number of nitrogens with zero attached hydrogens (tertiary/aromatic N) is 3. The summed E-state index contributed by atoms with van der Waals surface area (Å²) in [6.07, 6.45) is 2.57. The van der Waals surface area contributed by atoms with E-state index in [-0.39, 0.29) is 0 Å². The lowest BCUT2D eigenvalue weighted by Crippen LogP contribution is -2.23. The molecule has 0 bridgehead atoms. The lowest BCUT2D eigenvalue weighted by atomic mass is 9.78. The number of methoxy groups -OCH3 is 1. The van der Waals surface area contributed by atoms with Crippen LogP contribution in [0.15, 0.2) is 48.5 Å². The molecular formula is C26H27N3O2. The molecule has 0 aliphatic rings. The molecule has 0 amide bonds. The molecule has 1 heterocycles. The Morgan fingerprint density at radius 3 is 2.65 bits per heavy atom. The number of nitriles is 2. The Bertz CT molecular complexity index is 1140. The molecule has 0 aliphatic carbocycles. The second-order valence-electron chi connectivity index (χ2n) is 7.80. The number of rotatable bonds is 9. The molecule has 1 atom stereocenters. The van der Waals surface area contributed by atoms with Crippen molar-refractivity contribution >= 4 is 10.9 Å². The van der Waals surface area contributed by atoms with Gasteiger partial charge in [0, 0.05) is 17.4 Å². The maximum absolute atomic E-state index is 10.1. The molecule has 158 valence electrons. The van der Waals surface area contributed by atoms with Crippen LogP contribution in [-0.4, -0.2) is 18.7 Å². The summed E-state index contributed by atoms with van der Waals surface area (Å²) in [5, 5.41) is 19.7. The Balaban J connectivity index is 1.87. The number of fused-ring (bicyclic) bond motifs is 1. The summed E-state index contributed by atoms with van der Waals surface area (Å²) in [5.74, 6) is 1.39. The molecule has 31 heavy (non-hydrogen) atoms. The third-order valence-electron chi connectivity index (χ3n) is 5.47. The van der Waals surface area contributed by atoms with Crippen molar-refractivity contribution in [3.63, 3.8) is 0 Å². The summed E-state index contributed by atoms with van der Waals surface area (Å²) in [6.45, 7) is 4.53. The molecule has 0 N–H and O–H groups in total. The first-order chi connectivity index (χ1) is 15.0. The van der Waals surface area contributed by atoms with Crippen molar-refractivity contribution in [1.29, 1.82) is 10.5 Å². The molecule has 0 aliphatic heterocycles. The van der Waals surface area contributed by atoms with Gasteiger partial charge in [-0.2, -0.15) is 10.5 Å². The van der Waals surface area contributed by atoms with E-state index in [1.54, 1.807) is 7.11 Å². The SMILES string of the molecule is CCc1cc2ccc(C(C)(C#N)Cc3cccc(OCCCC#N)c3)cc2nc1OC. The van der Waals surface area contributed by atoms with Crippen molar-refractivity contribution in [2.24, 2.45) is 0 Å². The van der Waals surface area contributed by atoms with Crippen LogP contribution in [0.1, 0.15) is 43.4 Å². The van der Waals surface area contributed by atoms with Crippen molar-refractivity contribution in [2.45, 2.75) is 44.9 Å². The van der Waals surface area contributed by atoms with Gasteiger partial charge in [0.25, 0.3) is 0 Å². The van der Waals surface area contributed by atoms with Gasteiger partial charge in [0.15, 0.2) is 0 Å². The summed E-state index contributed by atoms with van der Waals surface area (Å²) >= 11 is 0. The fourth-order valence-electron chi connectivity index (χ4n) is 3.67. The molecule has 1 aromatic heterocycles. The van der Waals surface area contributed by atoms with Crippen LogP contribution >= 0.6 is 0 Å². The molecule has 0 fully saturated rings. The van der Waals surface area contributed by atoms with Crippen LogP contribution in [0, 0.1) is 22.7 Å². The van der Waals surface area contributed by atoms with Crippen LogP contribution < -0.4 is 9.47 Å². The monoisotopic (exact) mass is 413 g/mol. The second-order valence-corrected chi connectivity index (χ2v) is 7.80. The number of benzene rings is 2. The largest absolute Gasteiger partial charge is 0.494 e. The Morgan fingerprint density at radius 1 is 1.10 bits per heavy atom. The van der Waals surface area contributed by atoms with Crippen molar-refractivity contribution in [3.8, 4) is 23.8 Å². The Morgan fingerprint density at radius 2 is 1.94 bits per heavy atom. The summed E-state index contributed by atoms with van der Waals surface area (Å²) < 4.78 is 11.2. The maximum atomic E-state index is 10.1. The number of pyridine rings is 1. The van der Waals surface area contributed by atoms with Crippen LogP contribution in [0.3, 0.4) is 0 Å². The predicted molar refractivity (Wildman–Crippen MR) is 121 cm³/mol. The first kappa shape index (κ1) is 22.1. The zero-order valence-corrected chi connectivity index (χ0v) is 18.3. The average Bonchev–Trinajstić information content (AvgIpc) is 2.80. The van der Waals surface area contributed by atoms with E-state index in [0.717, 1.165) is 39.8 Å². The quantitative estimate of drug-likeness (QED) is 0.432. The minimum atomic E-state index is -0.716. The Hall–Kier alpha value is -3.57. The highest BCUT2D eigenvalue weighted by Gasteiger charge is 2.27. The smallest absolute Gasteiger partial charge is 0.216 e. The average molecular weight is 414 g/mol. The van der Waals surface area contributed by atoms with E-state index < -0.39 is 5.41 Å². The van der Waals surface area contributed by atoms with E-state index in [1.165, 1.54) is 0 Å². The van der Waals surface area contributed by atoms with Gasteiger partial charge < -0.3 is 9.47 Å². The number of hydrogen-bond donors (Lipinski definition) is 0. The van der Waals surface area contributed by atoms with Gasteiger partial charge >= 0.3 is 0 Å². The number of aryl methyl sites for hydroxylation is 1. The fraction of sp³-hybridized carbons (Fsp3) is 0.346. The van der Waals surface area contributed by atoms with Crippen LogP contribution in [0.5, 0.6) is 11.6 Å². The van der Waals surface area contributed by atoms with Gasteiger partial charge in [0.1, 0.15) is 5.75 Å². The highest BCUT2D eigenvalue weighted by atomic mass is 16.5. The van der Waals surface area contributed by atoms with Crippen molar-refractivity contribution in [1.82, 2.24) is 4.98 Å². The molecule has 0 saturated carbocycles. The third-order valence-corrected chi connectivity index (χ3v) is 5.47. The first-order valence-corrected chi connectivity index (χ1v) is 10.5. The van der Waals surface area contributed by atoms with E-state index in [4.69, 9.17) is 14.7 Å². The molecule has 1 unspecified atom stereocenters. The number of ether oxygens (including phenoxy) is 2. The third kappa shape index (κ3) is 5.13. The van der Waals surface area contributed by atoms with Gasteiger partial charge in [-0.3, -0.25) is 0 Å². The van der Waals surface area contributed by atoms with Crippen molar-refractivity contribution in [2.75, 3.05) is 13.7 Å². The highest BCUT2D eigenvalue weighted by Crippen LogP contribution is 2.32. The zero-order valence-electron chi connectivity index (χ0n) is 18.3. The standard InChI is InChI=1S/C26H27N3O2/c1-4-20-15-21-10-11-22(16-24(21)29-25(20)30-3)26(2,18-28)17-19-8-7-9-23(14-19)31-13-6-5-12-27/h7-11,14-16H,4-6,13,17H2,1-3H3. The molecule has 3 rings (SSSR count). The van der Waals surface area contributed by atoms with Gasteiger partial charge in [-0.05, 0) is 61.6 Å². The van der Waals surface area contributed by atoms with Crippen molar-refractivity contribution in [3.05, 3.63) is 65.2 Å². The zero-order chi connectivity index (χ0) is 22.3. The lowest BCUT2D eigenvalue weighted by Gasteiger charge is -2.23. The minimum Gasteiger partial charge on any atom is -0.494 e. The lowest BCUT2D eigenvalue weighted by molar-refractivity contribution is 0.312. The van der Waals surface area contributed by atoms with Crippen LogP contribution in [0.2, 0.25) is 0 Å². The maximum Gasteiger partial charge on any atom is 0.216 e. The van der Waals surface area contributed by atoms with Crippen LogP contribution in [-0.2, 0) is 18.3 Å². The predicted octanol–water partition coefficient (Wildman–Crippen LogP) is 5.51. The summed E-state index contributed by atoms with van der Waals surface area (Å²) in [5.41, 5.74) is 3.11. The Labute approximate surface area is 183 Å². The molecule has 3 aromatic rings. The fourth-order valence-corrected chi connectivity index (χ4v) is 3.67. The van der Waals surface area contributed by atoms with Gasteiger partial charge in [0.2, 0.25) is 5.88 Å². The highest BCUT2D eigenvalue weighted by molar-refractivity contribution is 5.81. The summed E-state index contributed by atoms with van der Waals surface area (Å²) in [4.78, 5) is 4.67. The summed E-state index contributed by atoms with van der Waals surface area (Å²) in [6, 6.07) is 20.6. The van der Waals surface area contributed by atoms with E-state index in [1.807, 2.05) is 49.4 Å². The van der Waals surface area contributed by atoms with Gasteiger partial charge in [-0.15, -0.1) is 0 Å². The molecule has 2 aromatic carbocycles. The van der Waals surface area contributed by atoms with Gasteiger partial charge in [0.05, 0.1) is 36.8 Å². The summed E-state index contributed by atoms with van der Waals surface area (Å²) in [7, 11) is 1.63. The molecule has 0 radical (unpaired) electrons.